The predicted octanol–water partition coefficient (Wildman–Crippen LogP) is 1.90. The van der Waals surface area contributed by atoms with Gasteiger partial charge in [0.2, 0.25) is 0 Å². The van der Waals surface area contributed by atoms with E-state index in [1.165, 1.54) is 6.42 Å². The molecule has 0 aliphatic heterocycles. The fraction of sp³-hybridized carbons (Fsp3) is 0.900. The fourth-order valence-corrected chi connectivity index (χ4v) is 1.09. The van der Waals surface area contributed by atoms with Crippen LogP contribution in [0.5, 0.6) is 0 Å². The van der Waals surface area contributed by atoms with Crippen molar-refractivity contribution in [3.8, 4) is 0 Å². The Hall–Kier alpha value is -0.570. The van der Waals surface area contributed by atoms with Crippen LogP contribution in [0.25, 0.3) is 0 Å². The SMILES string of the molecule is CC(C)(C)OC(=O)COC1CCC1. The van der Waals surface area contributed by atoms with Gasteiger partial charge >= 0.3 is 5.97 Å². The summed E-state index contributed by atoms with van der Waals surface area (Å²) in [5.41, 5.74) is -0.403. The summed E-state index contributed by atoms with van der Waals surface area (Å²) in [5.74, 6) is -0.264. The summed E-state index contributed by atoms with van der Waals surface area (Å²) in [7, 11) is 0. The van der Waals surface area contributed by atoms with Crippen LogP contribution in [0.2, 0.25) is 0 Å². The van der Waals surface area contributed by atoms with Crippen LogP contribution in [0.1, 0.15) is 40.0 Å². The van der Waals surface area contributed by atoms with Crippen LogP contribution in [0, 0.1) is 0 Å². The maximum atomic E-state index is 11.2. The Labute approximate surface area is 79.4 Å². The van der Waals surface area contributed by atoms with Crippen LogP contribution < -0.4 is 0 Å². The first-order chi connectivity index (χ1) is 5.97. The van der Waals surface area contributed by atoms with Crippen molar-refractivity contribution < 1.29 is 14.3 Å². The summed E-state index contributed by atoms with van der Waals surface area (Å²) in [5, 5.41) is 0. The van der Waals surface area contributed by atoms with Crippen LogP contribution in [0.15, 0.2) is 0 Å². The van der Waals surface area contributed by atoms with Gasteiger partial charge in [0.25, 0.3) is 0 Å². The molecule has 3 heteroatoms. The molecule has 0 aromatic rings. The zero-order valence-corrected chi connectivity index (χ0v) is 8.63. The third-order valence-corrected chi connectivity index (χ3v) is 1.91. The minimum atomic E-state index is -0.403. The van der Waals surface area contributed by atoms with E-state index in [1.54, 1.807) is 0 Å². The van der Waals surface area contributed by atoms with Gasteiger partial charge in [0.1, 0.15) is 12.2 Å². The first-order valence-corrected chi connectivity index (χ1v) is 4.81. The molecule has 0 amide bonds. The van der Waals surface area contributed by atoms with Gasteiger partial charge in [-0.2, -0.15) is 0 Å². The Morgan fingerprint density at radius 1 is 1.38 bits per heavy atom. The van der Waals surface area contributed by atoms with E-state index >= 15 is 0 Å². The molecule has 0 atom stereocenters. The zero-order valence-electron chi connectivity index (χ0n) is 8.63. The number of hydrogen-bond donors (Lipinski definition) is 0. The van der Waals surface area contributed by atoms with E-state index in [9.17, 15) is 4.79 Å². The molecule has 1 fully saturated rings. The number of carbonyl (C=O) groups excluding carboxylic acids is 1. The zero-order chi connectivity index (χ0) is 9.90. The van der Waals surface area contributed by atoms with Crippen molar-refractivity contribution in [2.24, 2.45) is 0 Å². The highest BCUT2D eigenvalue weighted by molar-refractivity contribution is 5.71. The predicted molar refractivity (Wildman–Crippen MR) is 49.4 cm³/mol. The molecule has 0 N–H and O–H groups in total. The molecule has 1 aliphatic carbocycles. The maximum absolute atomic E-state index is 11.2. The molecule has 0 aromatic heterocycles. The van der Waals surface area contributed by atoms with Crippen molar-refractivity contribution in [1.82, 2.24) is 0 Å². The Morgan fingerprint density at radius 3 is 2.38 bits per heavy atom. The average molecular weight is 186 g/mol. The normalized spacial score (nSPS) is 18.1. The van der Waals surface area contributed by atoms with Crippen molar-refractivity contribution in [2.75, 3.05) is 6.61 Å². The van der Waals surface area contributed by atoms with Gasteiger partial charge < -0.3 is 9.47 Å². The second-order valence-corrected chi connectivity index (χ2v) is 4.45. The largest absolute Gasteiger partial charge is 0.458 e. The van der Waals surface area contributed by atoms with Crippen molar-refractivity contribution in [3.05, 3.63) is 0 Å². The molecule has 1 saturated carbocycles. The number of carbonyl (C=O) groups is 1. The van der Waals surface area contributed by atoms with Crippen LogP contribution >= 0.6 is 0 Å². The first kappa shape index (κ1) is 10.5. The second kappa shape index (κ2) is 4.09. The highest BCUT2D eigenvalue weighted by atomic mass is 16.6. The number of ether oxygens (including phenoxy) is 2. The lowest BCUT2D eigenvalue weighted by Gasteiger charge is -2.26. The Morgan fingerprint density at radius 2 is 2.00 bits per heavy atom. The topological polar surface area (TPSA) is 35.5 Å². The minimum absolute atomic E-state index is 0.0991. The third kappa shape index (κ3) is 4.27. The Balaban J connectivity index is 2.10. The molecule has 0 unspecified atom stereocenters. The Bertz CT molecular complexity index is 177. The van der Waals surface area contributed by atoms with E-state index in [2.05, 4.69) is 0 Å². The molecule has 0 saturated heterocycles. The van der Waals surface area contributed by atoms with Crippen LogP contribution in [-0.4, -0.2) is 24.3 Å². The van der Waals surface area contributed by atoms with Crippen molar-refractivity contribution in [2.45, 2.75) is 51.7 Å². The molecular formula is C10H18O3. The molecule has 1 aliphatic rings. The molecule has 0 radical (unpaired) electrons. The summed E-state index contributed by atoms with van der Waals surface area (Å²) in [6.07, 6.45) is 3.69. The van der Waals surface area contributed by atoms with Crippen molar-refractivity contribution in [1.29, 1.82) is 0 Å². The van der Waals surface area contributed by atoms with Crippen LogP contribution in [0.3, 0.4) is 0 Å². The van der Waals surface area contributed by atoms with Gasteiger partial charge in [0.05, 0.1) is 6.10 Å². The smallest absolute Gasteiger partial charge is 0.332 e. The summed E-state index contributed by atoms with van der Waals surface area (Å²) in [4.78, 5) is 11.2. The lowest BCUT2D eigenvalue weighted by molar-refractivity contribution is -0.163. The van der Waals surface area contributed by atoms with E-state index < -0.39 is 5.60 Å². The van der Waals surface area contributed by atoms with Gasteiger partial charge in [0.15, 0.2) is 0 Å². The second-order valence-electron chi connectivity index (χ2n) is 4.45. The van der Waals surface area contributed by atoms with E-state index in [0.29, 0.717) is 6.10 Å². The van der Waals surface area contributed by atoms with Gasteiger partial charge in [-0.05, 0) is 40.0 Å². The lowest BCUT2D eigenvalue weighted by Crippen LogP contribution is -2.30. The lowest BCUT2D eigenvalue weighted by atomic mass is 9.96. The van der Waals surface area contributed by atoms with Gasteiger partial charge in [-0.25, -0.2) is 4.79 Å². The maximum Gasteiger partial charge on any atom is 0.332 e. The minimum Gasteiger partial charge on any atom is -0.458 e. The summed E-state index contributed by atoms with van der Waals surface area (Å²) in [6, 6.07) is 0. The highest BCUT2D eigenvalue weighted by Crippen LogP contribution is 2.21. The summed E-state index contributed by atoms with van der Waals surface area (Å²) >= 11 is 0. The highest BCUT2D eigenvalue weighted by Gasteiger charge is 2.21. The van der Waals surface area contributed by atoms with Crippen molar-refractivity contribution >= 4 is 5.97 Å². The van der Waals surface area contributed by atoms with Gasteiger partial charge in [-0.1, -0.05) is 0 Å². The monoisotopic (exact) mass is 186 g/mol. The molecule has 3 nitrogen and oxygen atoms in total. The summed E-state index contributed by atoms with van der Waals surface area (Å²) < 4.78 is 10.4. The molecule has 0 aromatic carbocycles. The fourth-order valence-electron chi connectivity index (χ4n) is 1.09. The molecule has 1 rings (SSSR count). The third-order valence-electron chi connectivity index (χ3n) is 1.91. The molecule has 76 valence electrons. The van der Waals surface area contributed by atoms with Gasteiger partial charge in [0, 0.05) is 0 Å². The van der Waals surface area contributed by atoms with E-state index in [-0.39, 0.29) is 12.6 Å². The average Bonchev–Trinajstić information content (AvgIpc) is 1.78. The number of esters is 1. The quantitative estimate of drug-likeness (QED) is 0.631. The molecule has 13 heavy (non-hydrogen) atoms. The van der Waals surface area contributed by atoms with Gasteiger partial charge in [-0.15, -0.1) is 0 Å². The van der Waals surface area contributed by atoms with E-state index in [1.807, 2.05) is 20.8 Å². The Kier molecular flexibility index (Phi) is 3.31. The van der Waals surface area contributed by atoms with Gasteiger partial charge in [-0.3, -0.25) is 0 Å². The molecule has 0 bridgehead atoms. The molecule has 0 heterocycles. The summed E-state index contributed by atoms with van der Waals surface area (Å²) in [6.45, 7) is 5.67. The number of hydrogen-bond acceptors (Lipinski definition) is 3. The first-order valence-electron chi connectivity index (χ1n) is 4.81. The van der Waals surface area contributed by atoms with Crippen molar-refractivity contribution in [3.63, 3.8) is 0 Å². The van der Waals surface area contributed by atoms with E-state index in [4.69, 9.17) is 9.47 Å². The standard InChI is InChI=1S/C10H18O3/c1-10(2,3)13-9(11)7-12-8-5-4-6-8/h8H,4-7H2,1-3H3. The van der Waals surface area contributed by atoms with Crippen LogP contribution in [0.4, 0.5) is 0 Å². The molecule has 0 spiro atoms. The van der Waals surface area contributed by atoms with E-state index in [0.717, 1.165) is 12.8 Å². The van der Waals surface area contributed by atoms with Crippen LogP contribution in [-0.2, 0) is 14.3 Å². The molecular weight excluding hydrogens is 168 g/mol. The number of rotatable bonds is 3.